The van der Waals surface area contributed by atoms with Crippen molar-refractivity contribution in [3.63, 3.8) is 0 Å². The number of imidazole rings is 1. The molecule has 1 heterocycles. The fourth-order valence-electron chi connectivity index (χ4n) is 2.91. The fourth-order valence-corrected chi connectivity index (χ4v) is 3.08. The van der Waals surface area contributed by atoms with E-state index in [2.05, 4.69) is 47.6 Å². The molecule has 0 aliphatic carbocycles. The van der Waals surface area contributed by atoms with Crippen LogP contribution in [0.5, 0.6) is 0 Å². The zero-order valence-electron chi connectivity index (χ0n) is 13.7. The first-order chi connectivity index (χ1) is 11.2. The van der Waals surface area contributed by atoms with E-state index in [0.717, 1.165) is 53.6 Å². The summed E-state index contributed by atoms with van der Waals surface area (Å²) in [5.41, 5.74) is 3.23. The maximum atomic E-state index is 6.21. The van der Waals surface area contributed by atoms with Gasteiger partial charge in [-0.2, -0.15) is 0 Å². The Bertz CT molecular complexity index is 776. The lowest BCUT2D eigenvalue weighted by Crippen LogP contribution is -2.27. The van der Waals surface area contributed by atoms with Crippen LogP contribution in [0.2, 0.25) is 5.02 Å². The molecule has 0 aliphatic heterocycles. The number of hydrogen-bond donors (Lipinski definition) is 0. The van der Waals surface area contributed by atoms with Crippen molar-refractivity contribution in [3.8, 4) is 11.4 Å². The molecule has 0 radical (unpaired) electrons. The zero-order chi connectivity index (χ0) is 16.2. The third-order valence-corrected chi connectivity index (χ3v) is 4.51. The summed E-state index contributed by atoms with van der Waals surface area (Å²) in [6, 6.07) is 16.3. The highest BCUT2D eigenvalue weighted by molar-refractivity contribution is 6.31. The second kappa shape index (κ2) is 7.16. The normalized spacial score (nSPS) is 11.5. The summed E-state index contributed by atoms with van der Waals surface area (Å²) in [5.74, 6) is 1.01. The van der Waals surface area contributed by atoms with Crippen LogP contribution in [0.25, 0.3) is 22.4 Å². The summed E-state index contributed by atoms with van der Waals surface area (Å²) in [6.45, 7) is 8.43. The molecule has 120 valence electrons. The first-order valence-electron chi connectivity index (χ1n) is 8.16. The smallest absolute Gasteiger partial charge is 0.141 e. The van der Waals surface area contributed by atoms with Gasteiger partial charge >= 0.3 is 0 Å². The molecule has 3 rings (SSSR count). The Balaban J connectivity index is 2.06. The van der Waals surface area contributed by atoms with Gasteiger partial charge in [-0.25, -0.2) is 4.98 Å². The summed E-state index contributed by atoms with van der Waals surface area (Å²) in [5, 5.41) is 0.751. The largest absolute Gasteiger partial charge is 0.323 e. The van der Waals surface area contributed by atoms with Gasteiger partial charge in [0, 0.05) is 23.7 Å². The van der Waals surface area contributed by atoms with Gasteiger partial charge in [0.15, 0.2) is 0 Å². The molecule has 0 fully saturated rings. The lowest BCUT2D eigenvalue weighted by molar-refractivity contribution is 0.292. The summed E-state index contributed by atoms with van der Waals surface area (Å²) < 4.78 is 2.29. The molecule has 0 N–H and O–H groups in total. The second-order valence-electron chi connectivity index (χ2n) is 5.61. The number of halogens is 1. The van der Waals surface area contributed by atoms with Crippen LogP contribution in [0.4, 0.5) is 0 Å². The van der Waals surface area contributed by atoms with E-state index < -0.39 is 0 Å². The molecular weight excluding hydrogens is 306 g/mol. The van der Waals surface area contributed by atoms with Crippen molar-refractivity contribution in [1.82, 2.24) is 14.5 Å². The minimum absolute atomic E-state index is 0.751. The Morgan fingerprint density at radius 1 is 1.04 bits per heavy atom. The van der Waals surface area contributed by atoms with Gasteiger partial charge in [0.1, 0.15) is 5.82 Å². The second-order valence-corrected chi connectivity index (χ2v) is 6.05. The average Bonchev–Trinajstić information content (AvgIpc) is 2.94. The molecule has 3 aromatic rings. The van der Waals surface area contributed by atoms with E-state index in [9.17, 15) is 0 Å². The molecule has 0 amide bonds. The van der Waals surface area contributed by atoms with Crippen molar-refractivity contribution in [3.05, 3.63) is 53.6 Å². The highest BCUT2D eigenvalue weighted by atomic mass is 35.5. The van der Waals surface area contributed by atoms with Crippen molar-refractivity contribution in [2.24, 2.45) is 0 Å². The van der Waals surface area contributed by atoms with Crippen LogP contribution in [0.15, 0.2) is 48.5 Å². The molecular formula is C19H22ClN3. The number of hydrogen-bond acceptors (Lipinski definition) is 2. The molecule has 0 saturated heterocycles. The Morgan fingerprint density at radius 2 is 1.78 bits per heavy atom. The highest BCUT2D eigenvalue weighted by Crippen LogP contribution is 2.26. The van der Waals surface area contributed by atoms with Crippen molar-refractivity contribution < 1.29 is 0 Å². The highest BCUT2D eigenvalue weighted by Gasteiger charge is 2.13. The van der Waals surface area contributed by atoms with Crippen LogP contribution in [0, 0.1) is 0 Å². The van der Waals surface area contributed by atoms with Crippen molar-refractivity contribution in [2.45, 2.75) is 20.4 Å². The Labute approximate surface area is 142 Å². The van der Waals surface area contributed by atoms with Crippen LogP contribution < -0.4 is 0 Å². The van der Waals surface area contributed by atoms with Gasteiger partial charge in [-0.3, -0.25) is 0 Å². The lowest BCUT2D eigenvalue weighted by Gasteiger charge is -2.19. The quantitative estimate of drug-likeness (QED) is 0.654. The van der Waals surface area contributed by atoms with E-state index in [-0.39, 0.29) is 0 Å². The maximum Gasteiger partial charge on any atom is 0.141 e. The van der Waals surface area contributed by atoms with Crippen LogP contribution in [0.3, 0.4) is 0 Å². The SMILES string of the molecule is CCN(CC)CCn1c(-c2ccccc2)nc2ccc(Cl)cc21. The minimum atomic E-state index is 0.751. The van der Waals surface area contributed by atoms with E-state index in [1.54, 1.807) is 0 Å². The number of nitrogens with zero attached hydrogens (tertiary/aromatic N) is 3. The minimum Gasteiger partial charge on any atom is -0.323 e. The molecule has 0 aliphatic rings. The van der Waals surface area contributed by atoms with Gasteiger partial charge in [-0.05, 0) is 31.3 Å². The van der Waals surface area contributed by atoms with Gasteiger partial charge in [0.25, 0.3) is 0 Å². The van der Waals surface area contributed by atoms with E-state index in [1.165, 1.54) is 0 Å². The van der Waals surface area contributed by atoms with Crippen LogP contribution in [0.1, 0.15) is 13.8 Å². The van der Waals surface area contributed by atoms with Crippen molar-refractivity contribution in [1.29, 1.82) is 0 Å². The monoisotopic (exact) mass is 327 g/mol. The molecule has 0 unspecified atom stereocenters. The Hall–Kier alpha value is -1.84. The molecule has 23 heavy (non-hydrogen) atoms. The number of likely N-dealkylation sites (N-methyl/N-ethyl adjacent to an activating group) is 1. The van der Waals surface area contributed by atoms with Crippen LogP contribution in [-0.4, -0.2) is 34.1 Å². The van der Waals surface area contributed by atoms with Crippen LogP contribution in [-0.2, 0) is 6.54 Å². The van der Waals surface area contributed by atoms with E-state index >= 15 is 0 Å². The number of aromatic nitrogens is 2. The van der Waals surface area contributed by atoms with Crippen molar-refractivity contribution >= 4 is 22.6 Å². The molecule has 2 aromatic carbocycles. The molecule has 3 nitrogen and oxygen atoms in total. The third-order valence-electron chi connectivity index (χ3n) is 4.28. The zero-order valence-corrected chi connectivity index (χ0v) is 14.4. The topological polar surface area (TPSA) is 21.1 Å². The summed E-state index contributed by atoms with van der Waals surface area (Å²) in [6.07, 6.45) is 0. The average molecular weight is 328 g/mol. The fraction of sp³-hybridized carbons (Fsp3) is 0.316. The summed E-state index contributed by atoms with van der Waals surface area (Å²) in [4.78, 5) is 7.26. The summed E-state index contributed by atoms with van der Waals surface area (Å²) >= 11 is 6.21. The number of benzene rings is 2. The molecule has 0 bridgehead atoms. The summed E-state index contributed by atoms with van der Waals surface area (Å²) in [7, 11) is 0. The first kappa shape index (κ1) is 16.0. The maximum absolute atomic E-state index is 6.21. The molecule has 4 heteroatoms. The van der Waals surface area contributed by atoms with Gasteiger partial charge in [0.2, 0.25) is 0 Å². The molecule has 0 saturated carbocycles. The Kier molecular flexibility index (Phi) is 4.99. The van der Waals surface area contributed by atoms with Crippen LogP contribution >= 0.6 is 11.6 Å². The van der Waals surface area contributed by atoms with E-state index in [0.29, 0.717) is 0 Å². The van der Waals surface area contributed by atoms with Crippen molar-refractivity contribution in [2.75, 3.05) is 19.6 Å². The number of rotatable bonds is 6. The first-order valence-corrected chi connectivity index (χ1v) is 8.54. The predicted octanol–water partition coefficient (Wildman–Crippen LogP) is 4.70. The van der Waals surface area contributed by atoms with E-state index in [1.807, 2.05) is 24.3 Å². The predicted molar refractivity (Wildman–Crippen MR) is 98.0 cm³/mol. The standard InChI is InChI=1S/C19H22ClN3/c1-3-22(4-2)12-13-23-18-14-16(20)10-11-17(18)21-19(23)15-8-6-5-7-9-15/h5-11,14H,3-4,12-13H2,1-2H3. The van der Waals surface area contributed by atoms with Gasteiger partial charge < -0.3 is 9.47 Å². The van der Waals surface area contributed by atoms with Gasteiger partial charge in [-0.1, -0.05) is 55.8 Å². The lowest BCUT2D eigenvalue weighted by atomic mass is 10.2. The molecule has 1 aromatic heterocycles. The Morgan fingerprint density at radius 3 is 2.48 bits per heavy atom. The van der Waals surface area contributed by atoms with Gasteiger partial charge in [0.05, 0.1) is 11.0 Å². The third kappa shape index (κ3) is 3.41. The van der Waals surface area contributed by atoms with E-state index in [4.69, 9.17) is 16.6 Å². The molecule has 0 spiro atoms. The molecule has 0 atom stereocenters. The van der Waals surface area contributed by atoms with Gasteiger partial charge in [-0.15, -0.1) is 0 Å². The number of fused-ring (bicyclic) bond motifs is 1.